The van der Waals surface area contributed by atoms with Crippen molar-refractivity contribution in [2.24, 2.45) is 0 Å². The van der Waals surface area contributed by atoms with Crippen molar-refractivity contribution in [3.63, 3.8) is 0 Å². The highest BCUT2D eigenvalue weighted by Gasteiger charge is 2.21. The molecule has 0 saturated carbocycles. The first-order chi connectivity index (χ1) is 14.0. The maximum Gasteiger partial charge on any atom is 0.206 e. The van der Waals surface area contributed by atoms with Crippen LogP contribution in [0.3, 0.4) is 0 Å². The zero-order valence-electron chi connectivity index (χ0n) is 15.2. The first-order valence-electron chi connectivity index (χ1n) is 8.92. The molecule has 0 aromatic heterocycles. The maximum absolute atomic E-state index is 14.6. The van der Waals surface area contributed by atoms with Gasteiger partial charge in [-0.15, -0.1) is 0 Å². The van der Waals surface area contributed by atoms with E-state index >= 15 is 0 Å². The van der Waals surface area contributed by atoms with Crippen LogP contribution in [0.1, 0.15) is 0 Å². The molecule has 0 saturated heterocycles. The Morgan fingerprint density at radius 3 is 1.24 bits per heavy atom. The number of sulfone groups is 1. The molecular formula is C24H16F2O2S. The molecule has 0 amide bonds. The van der Waals surface area contributed by atoms with Crippen LogP contribution in [0, 0.1) is 11.6 Å². The molecule has 0 N–H and O–H groups in total. The second kappa shape index (κ2) is 7.60. The Labute approximate surface area is 168 Å². The second-order valence-corrected chi connectivity index (χ2v) is 8.47. The monoisotopic (exact) mass is 406 g/mol. The SMILES string of the molecule is O=S(=O)(c1ccc(-c2ccccc2)c(F)c1)c1ccc(-c2ccccc2)c(F)c1. The van der Waals surface area contributed by atoms with E-state index in [0.29, 0.717) is 22.3 Å². The van der Waals surface area contributed by atoms with Crippen LogP contribution < -0.4 is 0 Å². The highest BCUT2D eigenvalue weighted by molar-refractivity contribution is 7.91. The molecule has 0 aliphatic rings. The molecule has 5 heteroatoms. The number of hydrogen-bond acceptors (Lipinski definition) is 2. The molecular weight excluding hydrogens is 390 g/mol. The Kier molecular flexibility index (Phi) is 4.99. The molecule has 4 rings (SSSR count). The van der Waals surface area contributed by atoms with Crippen LogP contribution in [0.2, 0.25) is 0 Å². The van der Waals surface area contributed by atoms with E-state index in [2.05, 4.69) is 0 Å². The molecule has 0 atom stereocenters. The van der Waals surface area contributed by atoms with Crippen molar-refractivity contribution >= 4 is 9.84 Å². The summed E-state index contributed by atoms with van der Waals surface area (Å²) >= 11 is 0. The van der Waals surface area contributed by atoms with Gasteiger partial charge in [-0.3, -0.25) is 0 Å². The van der Waals surface area contributed by atoms with Crippen molar-refractivity contribution in [2.45, 2.75) is 9.79 Å². The minimum atomic E-state index is -4.06. The summed E-state index contributed by atoms with van der Waals surface area (Å²) in [4.78, 5) is -0.442. The summed E-state index contributed by atoms with van der Waals surface area (Å²) in [5.41, 5.74) is 1.89. The van der Waals surface area contributed by atoms with Gasteiger partial charge in [-0.25, -0.2) is 17.2 Å². The summed E-state index contributed by atoms with van der Waals surface area (Å²) < 4.78 is 55.0. The molecule has 2 nitrogen and oxygen atoms in total. The lowest BCUT2D eigenvalue weighted by Crippen LogP contribution is -2.04. The van der Waals surface area contributed by atoms with Crippen LogP contribution in [-0.4, -0.2) is 8.42 Å². The van der Waals surface area contributed by atoms with Crippen LogP contribution in [-0.2, 0) is 9.84 Å². The minimum absolute atomic E-state index is 0.221. The van der Waals surface area contributed by atoms with Gasteiger partial charge in [0.15, 0.2) is 0 Å². The third kappa shape index (κ3) is 3.69. The fourth-order valence-corrected chi connectivity index (χ4v) is 4.45. The molecule has 0 fully saturated rings. The van der Waals surface area contributed by atoms with Crippen molar-refractivity contribution < 1.29 is 17.2 Å². The zero-order chi connectivity index (χ0) is 20.4. The van der Waals surface area contributed by atoms with E-state index in [9.17, 15) is 17.2 Å². The van der Waals surface area contributed by atoms with Gasteiger partial charge in [0, 0.05) is 11.1 Å². The van der Waals surface area contributed by atoms with Gasteiger partial charge in [0.05, 0.1) is 9.79 Å². The lowest BCUT2D eigenvalue weighted by molar-refractivity contribution is 0.587. The quantitative estimate of drug-likeness (QED) is 0.408. The maximum atomic E-state index is 14.6. The van der Waals surface area contributed by atoms with E-state index in [0.717, 1.165) is 12.1 Å². The molecule has 0 spiro atoms. The largest absolute Gasteiger partial charge is 0.219 e. The highest BCUT2D eigenvalue weighted by Crippen LogP contribution is 2.30. The molecule has 0 bridgehead atoms. The van der Waals surface area contributed by atoms with Gasteiger partial charge >= 0.3 is 0 Å². The summed E-state index contributed by atoms with van der Waals surface area (Å²) in [5, 5.41) is 0. The lowest BCUT2D eigenvalue weighted by atomic mass is 10.1. The molecule has 144 valence electrons. The Morgan fingerprint density at radius 2 is 0.897 bits per heavy atom. The third-order valence-electron chi connectivity index (χ3n) is 4.67. The molecule has 4 aromatic carbocycles. The fourth-order valence-electron chi connectivity index (χ4n) is 3.17. The van der Waals surface area contributed by atoms with Crippen molar-refractivity contribution in [1.82, 2.24) is 0 Å². The highest BCUT2D eigenvalue weighted by atomic mass is 32.2. The Hall–Kier alpha value is -3.31. The van der Waals surface area contributed by atoms with Gasteiger partial charge in [-0.2, -0.15) is 0 Å². The standard InChI is InChI=1S/C24H16F2O2S/c25-23-15-19(11-13-21(23)17-7-3-1-4-8-17)29(27,28)20-12-14-22(24(26)16-20)18-9-5-2-6-10-18/h1-16H. The van der Waals surface area contributed by atoms with Crippen LogP contribution >= 0.6 is 0 Å². The molecule has 0 aliphatic carbocycles. The minimum Gasteiger partial charge on any atom is -0.219 e. The summed E-state index contributed by atoms with van der Waals surface area (Å²) in [7, 11) is -4.06. The van der Waals surface area contributed by atoms with Gasteiger partial charge in [0.25, 0.3) is 0 Å². The van der Waals surface area contributed by atoms with Crippen molar-refractivity contribution in [1.29, 1.82) is 0 Å². The molecule has 0 heterocycles. The van der Waals surface area contributed by atoms with Gasteiger partial charge in [-0.1, -0.05) is 72.8 Å². The Bertz CT molecular complexity index is 1170. The third-order valence-corrected chi connectivity index (χ3v) is 6.42. The normalized spacial score (nSPS) is 11.4. The van der Waals surface area contributed by atoms with Gasteiger partial charge in [0.2, 0.25) is 9.84 Å². The van der Waals surface area contributed by atoms with Crippen LogP contribution in [0.5, 0.6) is 0 Å². The predicted octanol–water partition coefficient (Wildman–Crippen LogP) is 6.13. The Morgan fingerprint density at radius 1 is 0.517 bits per heavy atom. The lowest BCUT2D eigenvalue weighted by Gasteiger charge is -2.10. The Balaban J connectivity index is 1.72. The smallest absolute Gasteiger partial charge is 0.206 e. The van der Waals surface area contributed by atoms with Crippen LogP contribution in [0.15, 0.2) is 107 Å². The molecule has 0 unspecified atom stereocenters. The molecule has 0 aliphatic heterocycles. The van der Waals surface area contributed by atoms with Crippen molar-refractivity contribution in [3.05, 3.63) is 109 Å². The average Bonchev–Trinajstić information content (AvgIpc) is 2.75. The number of rotatable bonds is 4. The van der Waals surface area contributed by atoms with E-state index in [1.807, 2.05) is 12.1 Å². The summed E-state index contributed by atoms with van der Waals surface area (Å²) in [5.74, 6) is -1.31. The predicted molar refractivity (Wildman–Crippen MR) is 109 cm³/mol. The van der Waals surface area contributed by atoms with Crippen molar-refractivity contribution in [3.8, 4) is 22.3 Å². The zero-order valence-corrected chi connectivity index (χ0v) is 16.0. The average molecular weight is 406 g/mol. The molecule has 0 radical (unpaired) electrons. The topological polar surface area (TPSA) is 34.1 Å². The number of benzene rings is 4. The first-order valence-corrected chi connectivity index (χ1v) is 10.4. The summed E-state index contributed by atoms with van der Waals surface area (Å²) in [6.45, 7) is 0. The summed E-state index contributed by atoms with van der Waals surface area (Å²) in [6, 6.07) is 25.2. The van der Waals surface area contributed by atoms with E-state index < -0.39 is 21.5 Å². The van der Waals surface area contributed by atoms with Gasteiger partial charge in [0.1, 0.15) is 11.6 Å². The van der Waals surface area contributed by atoms with Crippen LogP contribution in [0.25, 0.3) is 22.3 Å². The van der Waals surface area contributed by atoms with Gasteiger partial charge in [-0.05, 0) is 35.4 Å². The van der Waals surface area contributed by atoms with E-state index in [1.54, 1.807) is 48.5 Å². The number of hydrogen-bond donors (Lipinski definition) is 0. The molecule has 4 aromatic rings. The summed E-state index contributed by atoms with van der Waals surface area (Å²) in [6.07, 6.45) is 0. The van der Waals surface area contributed by atoms with E-state index in [4.69, 9.17) is 0 Å². The molecule has 29 heavy (non-hydrogen) atoms. The van der Waals surface area contributed by atoms with Crippen molar-refractivity contribution in [2.75, 3.05) is 0 Å². The van der Waals surface area contributed by atoms with Crippen LogP contribution in [0.4, 0.5) is 8.78 Å². The van der Waals surface area contributed by atoms with Gasteiger partial charge < -0.3 is 0 Å². The fraction of sp³-hybridized carbons (Fsp3) is 0. The first kappa shape index (κ1) is 19.0. The van der Waals surface area contributed by atoms with E-state index in [-0.39, 0.29) is 9.79 Å². The van der Waals surface area contributed by atoms with E-state index in [1.165, 1.54) is 24.3 Å². The second-order valence-electron chi connectivity index (χ2n) is 6.52. The number of halogens is 2.